The van der Waals surface area contributed by atoms with Gasteiger partial charge < -0.3 is 24.5 Å². The molecule has 0 atom stereocenters. The van der Waals surface area contributed by atoms with E-state index in [-0.39, 0.29) is 36.1 Å². The number of hydrogen-bond acceptors (Lipinski definition) is 4. The Kier molecular flexibility index (Phi) is 9.28. The fraction of sp³-hybridized carbons (Fsp3) is 0.200. The van der Waals surface area contributed by atoms with Crippen molar-refractivity contribution in [2.75, 3.05) is 19.4 Å². The zero-order valence-electron chi connectivity index (χ0n) is 22.4. The van der Waals surface area contributed by atoms with Gasteiger partial charge in [0.1, 0.15) is 35.5 Å². The first-order valence-corrected chi connectivity index (χ1v) is 12.7. The molecule has 0 fully saturated rings. The Bertz CT molecular complexity index is 1660. The molecule has 0 saturated heterocycles. The predicted octanol–water partition coefficient (Wildman–Crippen LogP) is 4.94. The molecule has 0 unspecified atom stereocenters. The van der Waals surface area contributed by atoms with Crippen LogP contribution in [0, 0.1) is 23.9 Å². The molecule has 1 radical (unpaired) electrons. The number of likely N-dealkylation sites (N-methyl/N-ethyl adjacent to an activating group) is 1. The number of rotatable bonds is 11. The molecule has 2 heterocycles. The van der Waals surface area contributed by atoms with Gasteiger partial charge in [-0.25, -0.2) is 13.2 Å². The van der Waals surface area contributed by atoms with Gasteiger partial charge in [-0.15, -0.1) is 0 Å². The number of fused-ring (bicyclic) bond motifs is 1. The molecule has 213 valence electrons. The number of ether oxygens (including phenoxy) is 1. The molecule has 8 nitrogen and oxygen atoms in total. The highest BCUT2D eigenvalue weighted by Crippen LogP contribution is 2.29. The van der Waals surface area contributed by atoms with Gasteiger partial charge in [-0.2, -0.15) is 0 Å². The van der Waals surface area contributed by atoms with Crippen molar-refractivity contribution in [1.29, 1.82) is 0 Å². The maximum atomic E-state index is 14.3. The fourth-order valence-corrected chi connectivity index (χ4v) is 3.99. The smallest absolute Gasteiger partial charge is 0.274 e. The summed E-state index contributed by atoms with van der Waals surface area (Å²) in [6, 6.07) is 10.3. The summed E-state index contributed by atoms with van der Waals surface area (Å²) in [6.45, 7) is -0.166. The van der Waals surface area contributed by atoms with Gasteiger partial charge in [-0.05, 0) is 55.3 Å². The van der Waals surface area contributed by atoms with Crippen molar-refractivity contribution in [3.63, 3.8) is 0 Å². The van der Waals surface area contributed by atoms with E-state index in [2.05, 4.69) is 10.3 Å². The number of benzene rings is 2. The van der Waals surface area contributed by atoms with Gasteiger partial charge in [0.15, 0.2) is 0 Å². The summed E-state index contributed by atoms with van der Waals surface area (Å²) in [7, 11) is 3.29. The Hall–Kier alpha value is -4.80. The molecule has 4 aromatic rings. The van der Waals surface area contributed by atoms with Crippen LogP contribution in [0.1, 0.15) is 24.1 Å². The van der Waals surface area contributed by atoms with Gasteiger partial charge >= 0.3 is 0 Å². The normalized spacial score (nSPS) is 11.2. The third kappa shape index (κ3) is 7.65. The van der Waals surface area contributed by atoms with E-state index in [1.165, 1.54) is 40.2 Å². The van der Waals surface area contributed by atoms with E-state index >= 15 is 0 Å². The van der Waals surface area contributed by atoms with Crippen molar-refractivity contribution >= 4 is 28.4 Å². The molecule has 2 N–H and O–H groups in total. The van der Waals surface area contributed by atoms with Gasteiger partial charge in [0, 0.05) is 49.1 Å². The van der Waals surface area contributed by atoms with Crippen molar-refractivity contribution < 1.29 is 27.5 Å². The number of hydrogen-bond donors (Lipinski definition) is 2. The third-order valence-corrected chi connectivity index (χ3v) is 6.09. The number of amides is 2. The molecule has 0 aliphatic carbocycles. The fourth-order valence-electron chi connectivity index (χ4n) is 3.99. The zero-order valence-corrected chi connectivity index (χ0v) is 22.4. The number of nitrogens with zero attached hydrogens (tertiary/aromatic N) is 2. The molecular weight excluding hydrogens is 537 g/mol. The summed E-state index contributed by atoms with van der Waals surface area (Å²) < 4.78 is 48.5. The molecule has 2 aromatic carbocycles. The number of pyridine rings is 1. The Morgan fingerprint density at radius 1 is 1.05 bits per heavy atom. The van der Waals surface area contributed by atoms with Gasteiger partial charge in [0.25, 0.3) is 5.56 Å². The number of aromatic amines is 1. The SMILES string of the molecule is CN(C)C(=O)/C=C/CC[CH]C(=O)Nc1cccn(Cc2cc3cc(F)cc(OCc4ccc(F)cc4F)c3[nH]2)c1=O. The number of unbranched alkanes of at least 4 members (excludes halogenated alkanes) is 1. The molecule has 11 heteroatoms. The highest BCUT2D eigenvalue weighted by atomic mass is 19.1. The van der Waals surface area contributed by atoms with Crippen molar-refractivity contribution in [2.24, 2.45) is 0 Å². The number of anilines is 1. The Morgan fingerprint density at radius 2 is 1.85 bits per heavy atom. The number of aromatic nitrogens is 2. The summed E-state index contributed by atoms with van der Waals surface area (Å²) in [5.74, 6) is -2.54. The van der Waals surface area contributed by atoms with Gasteiger partial charge in [0.2, 0.25) is 11.8 Å². The average Bonchev–Trinajstić information content (AvgIpc) is 3.32. The van der Waals surface area contributed by atoms with Gasteiger partial charge in [0.05, 0.1) is 18.5 Å². The highest BCUT2D eigenvalue weighted by molar-refractivity contribution is 5.97. The summed E-state index contributed by atoms with van der Waals surface area (Å²) in [6.07, 6.45) is 6.92. The maximum absolute atomic E-state index is 14.3. The topological polar surface area (TPSA) is 96.4 Å². The Labute approximate surface area is 234 Å². The molecule has 0 spiro atoms. The Balaban J connectivity index is 1.42. The van der Waals surface area contributed by atoms with Crippen molar-refractivity contribution in [2.45, 2.75) is 26.0 Å². The second kappa shape index (κ2) is 13.0. The average molecular weight is 566 g/mol. The maximum Gasteiger partial charge on any atom is 0.274 e. The monoisotopic (exact) mass is 565 g/mol. The quantitative estimate of drug-likeness (QED) is 0.199. The van der Waals surface area contributed by atoms with Crippen LogP contribution in [-0.4, -0.2) is 40.4 Å². The van der Waals surface area contributed by atoms with Gasteiger partial charge in [-0.3, -0.25) is 14.4 Å². The van der Waals surface area contributed by atoms with E-state index in [1.54, 1.807) is 38.5 Å². The summed E-state index contributed by atoms with van der Waals surface area (Å²) in [5, 5.41) is 3.05. The minimum atomic E-state index is -0.776. The van der Waals surface area contributed by atoms with E-state index in [0.29, 0.717) is 29.4 Å². The number of carbonyl (C=O) groups is 2. The minimum absolute atomic E-state index is 0.0826. The van der Waals surface area contributed by atoms with Crippen LogP contribution in [0.4, 0.5) is 18.9 Å². The standard InChI is InChI=1S/C30H28F3N4O4/c1-36(2)28(39)9-5-3-4-8-27(38)35-25-7-6-12-37(30(25)40)17-23-14-20-13-22(32)16-26(29(20)34-23)41-18-19-10-11-21(31)15-24(19)33/h5-16,34H,3-4,17-18H2,1-2H3,(H,35,38)/b9-5+. The van der Waals surface area contributed by atoms with Crippen LogP contribution in [0.3, 0.4) is 0 Å². The van der Waals surface area contributed by atoms with E-state index in [9.17, 15) is 27.6 Å². The van der Waals surface area contributed by atoms with Crippen LogP contribution < -0.4 is 15.6 Å². The number of nitrogens with one attached hydrogen (secondary N) is 2. The van der Waals surface area contributed by atoms with Gasteiger partial charge in [-0.1, -0.05) is 6.08 Å². The third-order valence-electron chi connectivity index (χ3n) is 6.09. The molecule has 0 saturated carbocycles. The first-order chi connectivity index (χ1) is 19.6. The molecule has 4 rings (SSSR count). The highest BCUT2D eigenvalue weighted by Gasteiger charge is 2.13. The molecular formula is C30H28F3N4O4. The summed E-state index contributed by atoms with van der Waals surface area (Å²) in [4.78, 5) is 41.4. The van der Waals surface area contributed by atoms with E-state index in [0.717, 1.165) is 18.2 Å². The number of allylic oxidation sites excluding steroid dienone is 1. The lowest BCUT2D eigenvalue weighted by molar-refractivity contribution is -0.123. The van der Waals surface area contributed by atoms with Crippen LogP contribution in [-0.2, 0) is 22.7 Å². The van der Waals surface area contributed by atoms with Crippen LogP contribution in [0.25, 0.3) is 10.9 Å². The largest absolute Gasteiger partial charge is 0.486 e. The number of halogens is 3. The van der Waals surface area contributed by atoms with Crippen molar-refractivity contribution in [3.8, 4) is 5.75 Å². The molecule has 0 aliphatic heterocycles. The first-order valence-electron chi connectivity index (χ1n) is 12.7. The van der Waals surface area contributed by atoms with Crippen LogP contribution in [0.5, 0.6) is 5.75 Å². The Morgan fingerprint density at radius 3 is 2.61 bits per heavy atom. The summed E-state index contributed by atoms with van der Waals surface area (Å²) in [5.41, 5.74) is 0.740. The molecule has 0 bridgehead atoms. The molecule has 0 aliphatic rings. The van der Waals surface area contributed by atoms with Crippen molar-refractivity contribution in [3.05, 3.63) is 112 Å². The minimum Gasteiger partial charge on any atom is -0.486 e. The molecule has 41 heavy (non-hydrogen) atoms. The van der Waals surface area contributed by atoms with E-state index < -0.39 is 28.9 Å². The molecule has 2 aromatic heterocycles. The van der Waals surface area contributed by atoms with Crippen LogP contribution >= 0.6 is 0 Å². The van der Waals surface area contributed by atoms with Crippen LogP contribution in [0.15, 0.2) is 71.7 Å². The van der Waals surface area contributed by atoms with Crippen LogP contribution in [0.2, 0.25) is 0 Å². The predicted molar refractivity (Wildman–Crippen MR) is 149 cm³/mol. The number of H-pyrrole nitrogens is 1. The van der Waals surface area contributed by atoms with E-state index in [4.69, 9.17) is 4.74 Å². The second-order valence-electron chi connectivity index (χ2n) is 9.45. The van der Waals surface area contributed by atoms with E-state index in [1.807, 2.05) is 0 Å². The molecule has 2 amide bonds. The lowest BCUT2D eigenvalue weighted by Crippen LogP contribution is -2.26. The van der Waals surface area contributed by atoms with Crippen molar-refractivity contribution in [1.82, 2.24) is 14.5 Å². The summed E-state index contributed by atoms with van der Waals surface area (Å²) >= 11 is 0. The lowest BCUT2D eigenvalue weighted by Gasteiger charge is -2.09. The lowest BCUT2D eigenvalue weighted by atomic mass is 10.2. The second-order valence-corrected chi connectivity index (χ2v) is 9.45. The number of carbonyl (C=O) groups excluding carboxylic acids is 2. The zero-order chi connectivity index (χ0) is 29.5. The first kappa shape index (κ1) is 29.2.